The number of alkyl halides is 3. The summed E-state index contributed by atoms with van der Waals surface area (Å²) in [4.78, 5) is 21.3. The molecule has 6 rings (SSSR count). The summed E-state index contributed by atoms with van der Waals surface area (Å²) in [5.41, 5.74) is -4.58. The number of nitrogens with zero attached hydrogens (tertiary/aromatic N) is 3. The third kappa shape index (κ3) is 3.14. The van der Waals surface area contributed by atoms with Gasteiger partial charge in [-0.2, -0.15) is 8.78 Å². The maximum atomic E-state index is 15.0. The Morgan fingerprint density at radius 1 is 1.21 bits per heavy atom. The van der Waals surface area contributed by atoms with Crippen molar-refractivity contribution in [3.63, 3.8) is 0 Å². The number of fused-ring (bicyclic) bond motifs is 1. The van der Waals surface area contributed by atoms with Crippen molar-refractivity contribution in [1.29, 1.82) is 0 Å². The first kappa shape index (κ1) is 22.8. The van der Waals surface area contributed by atoms with Gasteiger partial charge in [0, 0.05) is 43.1 Å². The van der Waals surface area contributed by atoms with Gasteiger partial charge in [0.05, 0.1) is 22.0 Å². The van der Waals surface area contributed by atoms with Gasteiger partial charge in [-0.3, -0.25) is 4.79 Å². The number of aryl methyl sites for hydroxylation is 1. The van der Waals surface area contributed by atoms with Gasteiger partial charge in [-0.1, -0.05) is 12.1 Å². The van der Waals surface area contributed by atoms with Crippen LogP contribution in [0.4, 0.5) is 23.4 Å². The van der Waals surface area contributed by atoms with Crippen LogP contribution in [0, 0.1) is 12.7 Å². The largest absolute Gasteiger partial charge is 0.384 e. The molecule has 2 aromatic heterocycles. The second kappa shape index (κ2) is 7.00. The minimum atomic E-state index is -3.81. The Hall–Kier alpha value is -3.01. The number of benzene rings is 1. The Kier molecular flexibility index (Phi) is 4.69. The Bertz CT molecular complexity index is 1360. The molecule has 6 nitrogen and oxygen atoms in total. The smallest absolute Gasteiger partial charge is 0.303 e. The van der Waals surface area contributed by atoms with E-state index < -0.39 is 34.1 Å². The third-order valence-corrected chi connectivity index (χ3v) is 7.12. The van der Waals surface area contributed by atoms with E-state index in [1.807, 2.05) is 0 Å². The lowest BCUT2D eigenvalue weighted by Crippen LogP contribution is -2.71. The van der Waals surface area contributed by atoms with Crippen LogP contribution in [0.25, 0.3) is 10.9 Å². The maximum Gasteiger partial charge on any atom is 0.303 e. The molecule has 1 aromatic carbocycles. The number of pyridine rings is 1. The van der Waals surface area contributed by atoms with E-state index >= 15 is 4.39 Å². The van der Waals surface area contributed by atoms with Gasteiger partial charge in [-0.05, 0) is 26.8 Å². The van der Waals surface area contributed by atoms with Crippen LogP contribution in [0.5, 0.6) is 0 Å². The van der Waals surface area contributed by atoms with E-state index in [0.717, 1.165) is 19.9 Å². The number of hydrogen-bond acceptors (Lipinski definition) is 5. The van der Waals surface area contributed by atoms with Crippen molar-refractivity contribution in [2.24, 2.45) is 0 Å². The van der Waals surface area contributed by atoms with Crippen molar-refractivity contribution >= 4 is 16.7 Å². The van der Waals surface area contributed by atoms with E-state index in [4.69, 9.17) is 0 Å². The van der Waals surface area contributed by atoms with Crippen LogP contribution in [-0.4, -0.2) is 30.9 Å². The summed E-state index contributed by atoms with van der Waals surface area (Å²) in [6.07, 6.45) is 3.72. The van der Waals surface area contributed by atoms with E-state index in [1.165, 1.54) is 18.5 Å². The molecule has 3 aliphatic rings. The molecular formula is C24H24F4N4O2. The molecule has 3 fully saturated rings. The lowest BCUT2D eigenvalue weighted by molar-refractivity contribution is -0.199. The fourth-order valence-electron chi connectivity index (χ4n) is 5.12. The molecule has 0 unspecified atom stereocenters. The highest BCUT2D eigenvalue weighted by Gasteiger charge is 2.70. The fourth-order valence-corrected chi connectivity index (χ4v) is 5.12. The van der Waals surface area contributed by atoms with E-state index in [9.17, 15) is 23.1 Å². The predicted molar refractivity (Wildman–Crippen MR) is 118 cm³/mol. The predicted octanol–water partition coefficient (Wildman–Crippen LogP) is 4.31. The Balaban J connectivity index is 1.50. The van der Waals surface area contributed by atoms with Crippen LogP contribution < -0.4 is 10.9 Å². The molecular weight excluding hydrogens is 452 g/mol. The van der Waals surface area contributed by atoms with Crippen LogP contribution in [0.15, 0.2) is 35.5 Å². The molecule has 2 N–H and O–H groups in total. The zero-order valence-electron chi connectivity index (χ0n) is 18.9. The molecule has 0 radical (unpaired) electrons. The summed E-state index contributed by atoms with van der Waals surface area (Å²) in [5, 5.41) is 13.3. The zero-order valence-corrected chi connectivity index (χ0v) is 18.9. The first-order chi connectivity index (χ1) is 15.8. The van der Waals surface area contributed by atoms with Gasteiger partial charge < -0.3 is 15.0 Å². The van der Waals surface area contributed by atoms with Crippen LogP contribution in [0.1, 0.15) is 49.8 Å². The normalized spacial score (nSPS) is 24.0. The van der Waals surface area contributed by atoms with Gasteiger partial charge in [0.25, 0.3) is 5.56 Å². The first-order valence-corrected chi connectivity index (χ1v) is 11.0. The molecule has 34 heavy (non-hydrogen) atoms. The summed E-state index contributed by atoms with van der Waals surface area (Å²) >= 11 is 0. The lowest BCUT2D eigenvalue weighted by Gasteiger charge is -2.66. The molecule has 0 atom stereocenters. The topological polar surface area (TPSA) is 80.0 Å². The standard InChI is InChI=1S/C24H24F4N4O2/c1-13-18-15(8-32(20(13)33)23-9-22(26,10-23)11-23)19(31-12-30-18)29-7-14-5-4-6-16(17(14)25)24(27,28)21(2,3)34/h4-6,8,12,34H,7,9-11H2,1-3H3,(H,29,30,31). The van der Waals surface area contributed by atoms with Crippen molar-refractivity contribution in [1.82, 2.24) is 14.5 Å². The molecule has 2 heterocycles. The quantitative estimate of drug-likeness (QED) is 0.518. The number of hydrogen-bond donors (Lipinski definition) is 2. The summed E-state index contributed by atoms with van der Waals surface area (Å²) in [6.45, 7) is 3.30. The van der Waals surface area contributed by atoms with Gasteiger partial charge in [0.2, 0.25) is 0 Å². The van der Waals surface area contributed by atoms with E-state index in [-0.39, 0.29) is 36.9 Å². The van der Waals surface area contributed by atoms with E-state index in [0.29, 0.717) is 22.3 Å². The van der Waals surface area contributed by atoms with Gasteiger partial charge >= 0.3 is 5.92 Å². The molecule has 0 spiro atoms. The van der Waals surface area contributed by atoms with Crippen LogP contribution in [0.2, 0.25) is 0 Å². The lowest BCUT2D eigenvalue weighted by atomic mass is 9.47. The molecule has 180 valence electrons. The summed E-state index contributed by atoms with van der Waals surface area (Å²) < 4.78 is 59.8. The van der Waals surface area contributed by atoms with Gasteiger partial charge in [-0.15, -0.1) is 0 Å². The van der Waals surface area contributed by atoms with Crippen molar-refractivity contribution in [3.8, 4) is 0 Å². The molecule has 3 aliphatic carbocycles. The van der Waals surface area contributed by atoms with Gasteiger partial charge in [-0.25, -0.2) is 18.7 Å². The average molecular weight is 476 g/mol. The third-order valence-electron chi connectivity index (χ3n) is 7.12. The molecule has 0 aliphatic heterocycles. The van der Waals surface area contributed by atoms with Crippen LogP contribution in [0.3, 0.4) is 0 Å². The minimum Gasteiger partial charge on any atom is -0.384 e. The SMILES string of the molecule is Cc1c(=O)n(C23CC(F)(C2)C3)cc2c(NCc3cccc(C(F)(F)C(C)(C)O)c3F)ncnc12. The summed E-state index contributed by atoms with van der Waals surface area (Å²) in [6, 6.07) is 3.60. The number of nitrogens with one attached hydrogen (secondary N) is 1. The van der Waals surface area contributed by atoms with Crippen molar-refractivity contribution in [3.05, 3.63) is 63.6 Å². The highest BCUT2D eigenvalue weighted by atomic mass is 19.3. The van der Waals surface area contributed by atoms with Crippen molar-refractivity contribution in [2.75, 3.05) is 5.32 Å². The second-order valence-electron chi connectivity index (χ2n) is 10.1. The van der Waals surface area contributed by atoms with E-state index in [2.05, 4.69) is 15.3 Å². The number of aromatic nitrogens is 3. The molecule has 0 amide bonds. The highest BCUT2D eigenvalue weighted by molar-refractivity contribution is 5.90. The van der Waals surface area contributed by atoms with Crippen LogP contribution in [-0.2, 0) is 18.0 Å². The Morgan fingerprint density at radius 2 is 1.88 bits per heavy atom. The Labute approximate surface area is 192 Å². The monoisotopic (exact) mass is 476 g/mol. The maximum absolute atomic E-state index is 15.0. The summed E-state index contributed by atoms with van der Waals surface area (Å²) in [5.74, 6) is -4.64. The van der Waals surface area contributed by atoms with Crippen molar-refractivity contribution in [2.45, 2.75) is 69.3 Å². The molecule has 0 saturated heterocycles. The van der Waals surface area contributed by atoms with Crippen LogP contribution >= 0.6 is 0 Å². The molecule has 3 aromatic rings. The highest BCUT2D eigenvalue weighted by Crippen LogP contribution is 2.67. The number of halogens is 4. The molecule has 2 bridgehead atoms. The summed E-state index contributed by atoms with van der Waals surface area (Å²) in [7, 11) is 0. The first-order valence-electron chi connectivity index (χ1n) is 11.0. The number of anilines is 1. The molecule has 10 heteroatoms. The minimum absolute atomic E-state index is 0.0444. The Morgan fingerprint density at radius 3 is 2.50 bits per heavy atom. The average Bonchev–Trinajstić information content (AvgIpc) is 2.72. The number of aliphatic hydroxyl groups is 1. The van der Waals surface area contributed by atoms with Gasteiger partial charge in [0.15, 0.2) is 0 Å². The van der Waals surface area contributed by atoms with Crippen molar-refractivity contribution < 1.29 is 22.7 Å². The molecule has 3 saturated carbocycles. The van der Waals surface area contributed by atoms with Gasteiger partial charge in [0.1, 0.15) is 29.2 Å². The van der Waals surface area contributed by atoms with E-state index in [1.54, 1.807) is 17.7 Å². The second-order valence-corrected chi connectivity index (χ2v) is 10.1. The zero-order chi connectivity index (χ0) is 24.7. The number of rotatable bonds is 6. The fraction of sp³-hybridized carbons (Fsp3) is 0.458.